The van der Waals surface area contributed by atoms with Gasteiger partial charge in [-0.15, -0.1) is 0 Å². The second-order valence-electron chi connectivity index (χ2n) is 3.51. The van der Waals surface area contributed by atoms with Gasteiger partial charge in [-0.1, -0.05) is 11.6 Å². The van der Waals surface area contributed by atoms with Crippen molar-refractivity contribution in [2.24, 2.45) is 5.14 Å². The molecule has 0 unspecified atom stereocenters. The first-order chi connectivity index (χ1) is 7.64. The van der Waals surface area contributed by atoms with E-state index >= 15 is 0 Å². The van der Waals surface area contributed by atoms with Gasteiger partial charge in [0.1, 0.15) is 5.82 Å². The highest BCUT2D eigenvalue weighted by molar-refractivity contribution is 7.89. The summed E-state index contributed by atoms with van der Waals surface area (Å²) in [5, 5.41) is 4.42. The summed E-state index contributed by atoms with van der Waals surface area (Å²) in [6, 6.07) is 1.62. The van der Waals surface area contributed by atoms with Crippen molar-refractivity contribution >= 4 is 27.5 Å². The molecule has 1 aromatic rings. The molecule has 8 heteroatoms. The molecule has 0 aliphatic carbocycles. The second-order valence-corrected chi connectivity index (χ2v) is 5.45. The van der Waals surface area contributed by atoms with Crippen molar-refractivity contribution in [3.63, 3.8) is 0 Å². The van der Waals surface area contributed by atoms with Crippen LogP contribution in [0.2, 0.25) is 5.02 Å². The Kier molecular flexibility index (Phi) is 3.75. The van der Waals surface area contributed by atoms with Crippen LogP contribution in [0.3, 0.4) is 0 Å². The lowest BCUT2D eigenvalue weighted by Gasteiger charge is -2.12. The number of amides is 1. The molecule has 17 heavy (non-hydrogen) atoms. The van der Waals surface area contributed by atoms with Gasteiger partial charge in [0, 0.05) is 14.1 Å². The van der Waals surface area contributed by atoms with Crippen molar-refractivity contribution in [2.45, 2.75) is 4.90 Å². The predicted molar refractivity (Wildman–Crippen MR) is 60.8 cm³/mol. The molecule has 1 aromatic carbocycles. The van der Waals surface area contributed by atoms with E-state index in [0.29, 0.717) is 6.07 Å². The zero-order valence-electron chi connectivity index (χ0n) is 9.07. The van der Waals surface area contributed by atoms with Crippen LogP contribution in [0.5, 0.6) is 0 Å². The Morgan fingerprint density at radius 3 is 2.35 bits per heavy atom. The summed E-state index contributed by atoms with van der Waals surface area (Å²) in [4.78, 5) is 12.3. The number of nitrogens with two attached hydrogens (primary N) is 1. The summed E-state index contributed by atoms with van der Waals surface area (Å²) < 4.78 is 35.5. The van der Waals surface area contributed by atoms with E-state index in [-0.39, 0.29) is 5.56 Å². The van der Waals surface area contributed by atoms with Gasteiger partial charge in [-0.25, -0.2) is 17.9 Å². The summed E-state index contributed by atoms with van der Waals surface area (Å²) in [5.74, 6) is -1.62. The quantitative estimate of drug-likeness (QED) is 0.871. The summed E-state index contributed by atoms with van der Waals surface area (Å²) in [6.45, 7) is 0. The molecule has 94 valence electrons. The number of nitrogens with zero attached hydrogens (tertiary/aromatic N) is 1. The van der Waals surface area contributed by atoms with Gasteiger partial charge < -0.3 is 4.90 Å². The van der Waals surface area contributed by atoms with Gasteiger partial charge in [0.15, 0.2) is 0 Å². The van der Waals surface area contributed by atoms with Gasteiger partial charge in [-0.3, -0.25) is 4.79 Å². The molecule has 0 atom stereocenters. The number of carbonyl (C=O) groups excluding carboxylic acids is 1. The lowest BCUT2D eigenvalue weighted by atomic mass is 10.2. The predicted octanol–water partition coefficient (Wildman–Crippen LogP) is 0.828. The van der Waals surface area contributed by atoms with Gasteiger partial charge in [0.25, 0.3) is 5.91 Å². The van der Waals surface area contributed by atoms with E-state index in [1.165, 1.54) is 14.1 Å². The highest BCUT2D eigenvalue weighted by Gasteiger charge is 2.20. The van der Waals surface area contributed by atoms with E-state index in [2.05, 4.69) is 0 Å². The third-order valence-electron chi connectivity index (χ3n) is 1.97. The van der Waals surface area contributed by atoms with Crippen molar-refractivity contribution in [3.05, 3.63) is 28.5 Å². The summed E-state index contributed by atoms with van der Waals surface area (Å²) >= 11 is 5.60. The number of primary sulfonamides is 1. The van der Waals surface area contributed by atoms with Crippen LogP contribution in [0, 0.1) is 5.82 Å². The first kappa shape index (κ1) is 13.9. The number of rotatable bonds is 2. The molecule has 0 aliphatic rings. The first-order valence-electron chi connectivity index (χ1n) is 4.38. The number of hydrogen-bond acceptors (Lipinski definition) is 3. The summed E-state index contributed by atoms with van der Waals surface area (Å²) in [5.41, 5.74) is -0.249. The molecule has 1 rings (SSSR count). The minimum Gasteiger partial charge on any atom is -0.345 e. The van der Waals surface area contributed by atoms with Crippen molar-refractivity contribution in [1.82, 2.24) is 4.90 Å². The molecule has 0 heterocycles. The lowest BCUT2D eigenvalue weighted by Crippen LogP contribution is -2.23. The van der Waals surface area contributed by atoms with Gasteiger partial charge in [-0.05, 0) is 12.1 Å². The van der Waals surface area contributed by atoms with E-state index in [4.69, 9.17) is 16.7 Å². The molecule has 0 aromatic heterocycles. The summed E-state index contributed by atoms with van der Waals surface area (Å²) in [7, 11) is -1.23. The minimum absolute atomic E-state index is 0.249. The van der Waals surface area contributed by atoms with Gasteiger partial charge >= 0.3 is 0 Å². The molecule has 0 fully saturated rings. The number of sulfonamides is 1. The fraction of sp³-hybridized carbons (Fsp3) is 0.222. The van der Waals surface area contributed by atoms with Crippen LogP contribution in [0.25, 0.3) is 0 Å². The normalized spacial score (nSPS) is 11.4. The van der Waals surface area contributed by atoms with E-state index in [1.807, 2.05) is 0 Å². The average molecular weight is 281 g/mol. The van der Waals surface area contributed by atoms with Crippen LogP contribution < -0.4 is 5.14 Å². The third-order valence-corrected chi connectivity index (χ3v) is 3.24. The van der Waals surface area contributed by atoms with Crippen LogP contribution in [0.4, 0.5) is 4.39 Å². The minimum atomic E-state index is -4.09. The van der Waals surface area contributed by atoms with Crippen LogP contribution in [-0.2, 0) is 10.0 Å². The Balaban J connectivity index is 3.51. The lowest BCUT2D eigenvalue weighted by molar-refractivity contribution is 0.0827. The van der Waals surface area contributed by atoms with E-state index in [9.17, 15) is 17.6 Å². The Bertz CT molecular complexity index is 572. The Morgan fingerprint density at radius 1 is 1.41 bits per heavy atom. The largest absolute Gasteiger partial charge is 0.345 e. The number of carbonyl (C=O) groups is 1. The molecule has 0 radical (unpaired) electrons. The first-order valence-corrected chi connectivity index (χ1v) is 6.30. The SMILES string of the molecule is CN(C)C(=O)c1cc(S(N)(=O)=O)cc(F)c1Cl. The van der Waals surface area contributed by atoms with Gasteiger partial charge in [0.05, 0.1) is 15.5 Å². The molecule has 2 N–H and O–H groups in total. The highest BCUT2D eigenvalue weighted by atomic mass is 35.5. The van der Waals surface area contributed by atoms with Crippen molar-refractivity contribution in [1.29, 1.82) is 0 Å². The molecular weight excluding hydrogens is 271 g/mol. The molecule has 0 aliphatic heterocycles. The Morgan fingerprint density at radius 2 is 1.94 bits per heavy atom. The van der Waals surface area contributed by atoms with E-state index in [0.717, 1.165) is 11.0 Å². The maximum atomic E-state index is 13.4. The maximum Gasteiger partial charge on any atom is 0.255 e. The standard InChI is InChI=1S/C9H10ClFN2O3S/c1-13(2)9(14)6-3-5(17(12,15)16)4-7(11)8(6)10/h3-4H,1-2H3,(H2,12,15,16). The van der Waals surface area contributed by atoms with Crippen LogP contribution >= 0.6 is 11.6 Å². The van der Waals surface area contributed by atoms with Crippen LogP contribution in [-0.4, -0.2) is 33.3 Å². The zero-order valence-corrected chi connectivity index (χ0v) is 10.6. The molecule has 0 saturated carbocycles. The van der Waals surface area contributed by atoms with Gasteiger partial charge in [0.2, 0.25) is 10.0 Å². The maximum absolute atomic E-state index is 13.4. The van der Waals surface area contributed by atoms with Crippen LogP contribution in [0.15, 0.2) is 17.0 Å². The molecule has 1 amide bonds. The van der Waals surface area contributed by atoms with E-state index in [1.54, 1.807) is 0 Å². The Hall–Kier alpha value is -1.18. The monoisotopic (exact) mass is 280 g/mol. The molecular formula is C9H10ClFN2O3S. The summed E-state index contributed by atoms with van der Waals surface area (Å²) in [6.07, 6.45) is 0. The van der Waals surface area contributed by atoms with Crippen LogP contribution in [0.1, 0.15) is 10.4 Å². The molecule has 0 spiro atoms. The zero-order chi connectivity index (χ0) is 13.4. The second kappa shape index (κ2) is 4.59. The molecule has 0 saturated heterocycles. The van der Waals surface area contributed by atoms with Crippen molar-refractivity contribution < 1.29 is 17.6 Å². The number of hydrogen-bond donors (Lipinski definition) is 1. The van der Waals surface area contributed by atoms with Crippen molar-refractivity contribution in [3.8, 4) is 0 Å². The van der Waals surface area contributed by atoms with E-state index < -0.39 is 31.7 Å². The highest BCUT2D eigenvalue weighted by Crippen LogP contribution is 2.24. The van der Waals surface area contributed by atoms with Crippen molar-refractivity contribution in [2.75, 3.05) is 14.1 Å². The number of halogens is 2. The molecule has 0 bridgehead atoms. The fourth-order valence-electron chi connectivity index (χ4n) is 1.12. The fourth-order valence-corrected chi connectivity index (χ4v) is 1.86. The smallest absolute Gasteiger partial charge is 0.255 e. The topological polar surface area (TPSA) is 80.5 Å². The number of benzene rings is 1. The third kappa shape index (κ3) is 2.93. The Labute approximate surface area is 103 Å². The average Bonchev–Trinajstić information content (AvgIpc) is 2.19. The van der Waals surface area contributed by atoms with Gasteiger partial charge in [-0.2, -0.15) is 0 Å². The molecule has 5 nitrogen and oxygen atoms in total.